The van der Waals surface area contributed by atoms with Crippen molar-refractivity contribution in [1.29, 1.82) is 0 Å². The fraction of sp³-hybridized carbons (Fsp3) is 0.385. The lowest BCUT2D eigenvalue weighted by Gasteiger charge is -2.08. The second-order valence-electron chi connectivity index (χ2n) is 4.52. The minimum atomic E-state index is -4.01. The summed E-state index contributed by atoms with van der Waals surface area (Å²) >= 11 is 0. The van der Waals surface area contributed by atoms with Crippen LogP contribution in [0.15, 0.2) is 35.7 Å². The lowest BCUT2D eigenvalue weighted by molar-refractivity contribution is 0.494. The maximum Gasteiger partial charge on any atom is 0.287 e. The van der Waals surface area contributed by atoms with Crippen molar-refractivity contribution >= 4 is 24.8 Å². The number of hydrogen-bond acceptors (Lipinski definition) is 2. The van der Waals surface area contributed by atoms with E-state index in [0.717, 1.165) is 26.5 Å². The summed E-state index contributed by atoms with van der Waals surface area (Å²) in [5.41, 5.74) is 1.12. The molecule has 0 aliphatic rings. The number of benzene rings is 1. The van der Waals surface area contributed by atoms with Gasteiger partial charge in [-0.05, 0) is 17.9 Å². The van der Waals surface area contributed by atoms with Gasteiger partial charge in [0.2, 0.25) is 0 Å². The van der Waals surface area contributed by atoms with Gasteiger partial charge in [0.1, 0.15) is 0 Å². The Morgan fingerprint density at radius 2 is 2.00 bits per heavy atom. The van der Waals surface area contributed by atoms with Crippen molar-refractivity contribution in [2.45, 2.75) is 26.3 Å². The zero-order valence-electron chi connectivity index (χ0n) is 10.6. The Morgan fingerprint density at radius 3 is 2.61 bits per heavy atom. The third-order valence-corrected chi connectivity index (χ3v) is 4.75. The summed E-state index contributed by atoms with van der Waals surface area (Å²) < 4.78 is 29.8. The summed E-state index contributed by atoms with van der Waals surface area (Å²) in [4.78, 5) is 0. The summed E-state index contributed by atoms with van der Waals surface area (Å²) in [5.74, 6) is 0.657. The topological polar surface area (TPSA) is 54.4 Å². The minimum absolute atomic E-state index is 0.529. The molecule has 18 heavy (non-hydrogen) atoms. The van der Waals surface area contributed by atoms with Gasteiger partial charge in [0, 0.05) is 0 Å². The fourth-order valence-corrected chi connectivity index (χ4v) is 3.08. The molecule has 0 bridgehead atoms. The Morgan fingerprint density at radius 1 is 1.33 bits per heavy atom. The lowest BCUT2D eigenvalue weighted by Crippen LogP contribution is -2.19. The summed E-state index contributed by atoms with van der Waals surface area (Å²) in [6, 6.07) is 9.16. The van der Waals surface area contributed by atoms with E-state index in [1.165, 1.54) is 11.3 Å². The van der Waals surface area contributed by atoms with Crippen LogP contribution in [0.5, 0.6) is 0 Å². The molecule has 1 N–H and O–H groups in total. The second kappa shape index (κ2) is 6.87. The molecule has 0 unspecified atom stereocenters. The lowest BCUT2D eigenvalue weighted by atomic mass is 10.1. The molecular weight excluding hydrogens is 264 g/mol. The Hall–Kier alpha value is -0.913. The molecule has 0 saturated heterocycles. The maximum atomic E-state index is 10.6. The van der Waals surface area contributed by atoms with Crippen molar-refractivity contribution in [3.63, 3.8) is 0 Å². The molecule has 3 nitrogen and oxygen atoms in total. The molecule has 0 spiro atoms. The van der Waals surface area contributed by atoms with Crippen LogP contribution in [-0.4, -0.2) is 22.5 Å². The van der Waals surface area contributed by atoms with Crippen LogP contribution in [-0.2, 0) is 16.5 Å². The summed E-state index contributed by atoms with van der Waals surface area (Å²) in [6.07, 6.45) is 2.01. The average molecular weight is 282 g/mol. The molecule has 0 atom stereocenters. The van der Waals surface area contributed by atoms with Gasteiger partial charge < -0.3 is 0 Å². The van der Waals surface area contributed by atoms with Crippen LogP contribution in [0.25, 0.3) is 0 Å². The van der Waals surface area contributed by atoms with Gasteiger partial charge in [-0.25, -0.2) is 0 Å². The number of allylic oxidation sites excluding steroid dienone is 1. The van der Waals surface area contributed by atoms with Crippen LogP contribution >= 0.6 is 0 Å². The van der Waals surface area contributed by atoms with Gasteiger partial charge >= 0.3 is 0 Å². The van der Waals surface area contributed by atoms with E-state index in [1.54, 1.807) is 0 Å². The third-order valence-electron chi connectivity index (χ3n) is 2.32. The van der Waals surface area contributed by atoms with Crippen LogP contribution in [0, 0.1) is 5.92 Å². The second-order valence-corrected chi connectivity index (χ2v) is 7.13. The molecule has 0 amide bonds. The van der Waals surface area contributed by atoms with Crippen molar-refractivity contribution < 1.29 is 13.0 Å². The molecule has 0 fully saturated rings. The smallest absolute Gasteiger partial charge is 0.282 e. The largest absolute Gasteiger partial charge is 0.287 e. The highest BCUT2D eigenvalue weighted by Crippen LogP contribution is 2.03. The van der Waals surface area contributed by atoms with Crippen molar-refractivity contribution in [2.75, 3.05) is 0 Å². The molecule has 2 radical (unpaired) electrons. The zero-order valence-corrected chi connectivity index (χ0v) is 12.4. The van der Waals surface area contributed by atoms with Gasteiger partial charge in [-0.2, -0.15) is 8.42 Å². The average Bonchev–Trinajstić information content (AvgIpc) is 2.26. The minimum Gasteiger partial charge on any atom is -0.282 e. The molecule has 0 saturated carbocycles. The Kier molecular flexibility index (Phi) is 5.78. The predicted molar refractivity (Wildman–Crippen MR) is 75.9 cm³/mol. The first kappa shape index (κ1) is 15.1. The summed E-state index contributed by atoms with van der Waals surface area (Å²) in [7, 11) is -3.28. The molecular formula is C13H18O3SSi. The van der Waals surface area contributed by atoms with Gasteiger partial charge in [0.15, 0.2) is 0 Å². The van der Waals surface area contributed by atoms with Crippen LogP contribution in [0.4, 0.5) is 0 Å². The van der Waals surface area contributed by atoms with Crippen LogP contribution in [0.1, 0.15) is 19.4 Å². The van der Waals surface area contributed by atoms with Crippen LogP contribution < -0.4 is 5.19 Å². The Balaban J connectivity index is 2.73. The van der Waals surface area contributed by atoms with E-state index < -0.39 is 10.1 Å². The molecule has 1 aromatic carbocycles. The van der Waals surface area contributed by atoms with E-state index in [0.29, 0.717) is 12.3 Å². The normalized spacial score (nSPS) is 12.4. The monoisotopic (exact) mass is 282 g/mol. The molecule has 0 aliphatic heterocycles. The highest BCUT2D eigenvalue weighted by atomic mass is 32.2. The Bertz CT molecular complexity index is 507. The van der Waals surface area contributed by atoms with Gasteiger partial charge in [-0.15, -0.1) is 0 Å². The van der Waals surface area contributed by atoms with Gasteiger partial charge in [-0.3, -0.25) is 4.55 Å². The Labute approximate surface area is 111 Å². The first-order valence-corrected chi connectivity index (χ1v) is 8.55. The maximum absolute atomic E-state index is 10.6. The van der Waals surface area contributed by atoms with Crippen molar-refractivity contribution in [3.8, 4) is 0 Å². The summed E-state index contributed by atoms with van der Waals surface area (Å²) in [6.45, 7) is 4.38. The molecule has 0 aromatic heterocycles. The van der Waals surface area contributed by atoms with Crippen LogP contribution in [0.3, 0.4) is 0 Å². The molecule has 98 valence electrons. The number of rotatable bonds is 6. The summed E-state index contributed by atoms with van der Waals surface area (Å²) in [5, 5.41) is 2.11. The molecule has 0 aliphatic carbocycles. The first-order chi connectivity index (χ1) is 8.38. The van der Waals surface area contributed by atoms with Gasteiger partial charge in [0.25, 0.3) is 10.1 Å². The third kappa shape index (κ3) is 6.14. The van der Waals surface area contributed by atoms with E-state index in [1.807, 2.05) is 18.2 Å². The van der Waals surface area contributed by atoms with Crippen molar-refractivity contribution in [2.24, 2.45) is 5.92 Å². The fourth-order valence-electron chi connectivity index (χ4n) is 1.48. The van der Waals surface area contributed by atoms with E-state index >= 15 is 0 Å². The zero-order chi connectivity index (χ0) is 13.6. The standard InChI is InChI=1S/C13H18O3SSi/c1-11(2)10-18-13-8-4-3-6-12(13)7-5-9-17(14,15)16/h3-6,8-9,11H,7,10H2,1-2H3,(H,14,15,16). The van der Waals surface area contributed by atoms with E-state index in [-0.39, 0.29) is 0 Å². The van der Waals surface area contributed by atoms with E-state index in [2.05, 4.69) is 19.9 Å². The quantitative estimate of drug-likeness (QED) is 0.641. The highest BCUT2D eigenvalue weighted by molar-refractivity contribution is 7.88. The van der Waals surface area contributed by atoms with Crippen LogP contribution in [0.2, 0.25) is 6.04 Å². The number of hydrogen-bond donors (Lipinski definition) is 1. The van der Waals surface area contributed by atoms with Crippen molar-refractivity contribution in [1.82, 2.24) is 0 Å². The van der Waals surface area contributed by atoms with Gasteiger partial charge in [-0.1, -0.05) is 55.4 Å². The molecule has 5 heteroatoms. The van der Waals surface area contributed by atoms with E-state index in [4.69, 9.17) is 4.55 Å². The van der Waals surface area contributed by atoms with Crippen molar-refractivity contribution in [3.05, 3.63) is 41.3 Å². The van der Waals surface area contributed by atoms with Gasteiger partial charge in [0.05, 0.1) is 14.9 Å². The molecule has 1 aromatic rings. The highest BCUT2D eigenvalue weighted by Gasteiger charge is 2.03. The molecule has 1 rings (SSSR count). The first-order valence-electron chi connectivity index (χ1n) is 5.84. The SMILES string of the molecule is CC(C)C[Si]c1ccccc1CC=CS(=O)(=O)O. The molecule has 0 heterocycles. The van der Waals surface area contributed by atoms with E-state index in [9.17, 15) is 8.42 Å². The predicted octanol–water partition coefficient (Wildman–Crippen LogP) is 2.03.